The number of nitrogens with one attached hydrogen (secondary N) is 3. The van der Waals surface area contributed by atoms with Crippen LogP contribution in [0.5, 0.6) is 5.75 Å². The van der Waals surface area contributed by atoms with E-state index in [0.29, 0.717) is 17.4 Å². The number of aliphatic hydroxyl groups excluding tert-OH is 1. The summed E-state index contributed by atoms with van der Waals surface area (Å²) in [4.78, 5) is 66.7. The van der Waals surface area contributed by atoms with E-state index < -0.39 is 41.6 Å². The number of ether oxygens (including phenoxy) is 1. The number of amides is 4. The van der Waals surface area contributed by atoms with E-state index in [-0.39, 0.29) is 37.4 Å². The number of likely N-dealkylation sites (tertiary alicyclic amines) is 1. The topological polar surface area (TPSA) is 193 Å². The second-order valence-corrected chi connectivity index (χ2v) is 20.3. The molecule has 0 radical (unpaired) electrons. The van der Waals surface area contributed by atoms with Gasteiger partial charge in [-0.15, -0.1) is 32.9 Å². The van der Waals surface area contributed by atoms with Crippen molar-refractivity contribution in [2.24, 2.45) is 10.4 Å². The molecule has 0 spiro atoms. The zero-order valence-electron chi connectivity index (χ0n) is 39.0. The summed E-state index contributed by atoms with van der Waals surface area (Å²) < 4.78 is 7.88. The van der Waals surface area contributed by atoms with Gasteiger partial charge < -0.3 is 30.7 Å². The Balaban J connectivity index is 0.902. The number of carbonyl (C=O) groups is 4. The number of aromatic nitrogens is 4. The number of hydrogen-bond donors (Lipinski definition) is 4. The highest BCUT2D eigenvalue weighted by molar-refractivity contribution is 7.15. The molecule has 4 N–H and O–H groups in total. The Morgan fingerprint density at radius 3 is 2.15 bits per heavy atom. The summed E-state index contributed by atoms with van der Waals surface area (Å²) in [6.07, 6.45) is -1.54. The van der Waals surface area contributed by atoms with Crippen LogP contribution < -0.4 is 20.7 Å². The van der Waals surface area contributed by atoms with Crippen LogP contribution >= 0.6 is 22.7 Å². The predicted octanol–water partition coefficient (Wildman–Crippen LogP) is 7.09. The molecule has 67 heavy (non-hydrogen) atoms. The van der Waals surface area contributed by atoms with Crippen LogP contribution in [0.25, 0.3) is 26.6 Å². The lowest BCUT2D eigenvalue weighted by Crippen LogP contribution is -2.58. The van der Waals surface area contributed by atoms with Gasteiger partial charge in [-0.3, -0.25) is 28.7 Å². The van der Waals surface area contributed by atoms with E-state index >= 15 is 0 Å². The maximum Gasteiger partial charge on any atom is 0.258 e. The lowest BCUT2D eigenvalue weighted by molar-refractivity contribution is -0.144. The maximum atomic E-state index is 14.2. The van der Waals surface area contributed by atoms with Crippen LogP contribution in [0, 0.1) is 33.1 Å². The van der Waals surface area contributed by atoms with E-state index in [1.807, 2.05) is 112 Å². The first-order valence-electron chi connectivity index (χ1n) is 22.2. The van der Waals surface area contributed by atoms with Crippen LogP contribution in [0.2, 0.25) is 0 Å². The summed E-state index contributed by atoms with van der Waals surface area (Å²) in [5.74, 6) is 0.156. The number of rotatable bonds is 12. The molecule has 17 heteroatoms. The van der Waals surface area contributed by atoms with Crippen molar-refractivity contribution in [1.29, 1.82) is 0 Å². The Kier molecular flexibility index (Phi) is 13.3. The van der Waals surface area contributed by atoms with Crippen LogP contribution in [-0.4, -0.2) is 90.4 Å². The number of aryl methyl sites for hydroxylation is 3. The molecule has 1 saturated heterocycles. The fourth-order valence-corrected chi connectivity index (χ4v) is 10.6. The highest BCUT2D eigenvalue weighted by Crippen LogP contribution is 2.39. The number of β-amino-alcohol motifs (C(OH)–C–C–N with tert-alkyl or cyclic N) is 1. The highest BCUT2D eigenvalue weighted by atomic mass is 32.1. The average Bonchev–Trinajstić information content (AvgIpc) is 4.06. The molecule has 6 aromatic rings. The summed E-state index contributed by atoms with van der Waals surface area (Å²) >= 11 is 3.22. The van der Waals surface area contributed by atoms with Gasteiger partial charge in [0.2, 0.25) is 17.7 Å². The first kappa shape index (κ1) is 47.0. The molecule has 0 bridgehead atoms. The average molecular weight is 942 g/mol. The van der Waals surface area contributed by atoms with Crippen molar-refractivity contribution in [3.8, 4) is 32.3 Å². The van der Waals surface area contributed by atoms with Crippen molar-refractivity contribution in [2.75, 3.05) is 13.2 Å². The molecular formula is C50H55N9O6S2. The third-order valence-electron chi connectivity index (χ3n) is 12.3. The fraction of sp³-hybridized carbons (Fsp3) is 0.360. The molecule has 2 unspecified atom stereocenters. The largest absolute Gasteiger partial charge is 0.484 e. The van der Waals surface area contributed by atoms with Gasteiger partial charge in [0.1, 0.15) is 28.7 Å². The quantitative estimate of drug-likeness (QED) is 0.0992. The zero-order chi connectivity index (χ0) is 47.9. The summed E-state index contributed by atoms with van der Waals surface area (Å²) in [7, 11) is 0. The molecule has 8 rings (SSSR count). The fourth-order valence-electron chi connectivity index (χ4n) is 8.54. The minimum absolute atomic E-state index is 0.0325. The maximum absolute atomic E-state index is 14.2. The molecule has 3 aromatic heterocycles. The normalized spacial score (nSPS) is 17.7. The van der Waals surface area contributed by atoms with E-state index in [1.165, 1.54) is 11.8 Å². The van der Waals surface area contributed by atoms with E-state index in [2.05, 4.69) is 45.0 Å². The number of carbonyl (C=O) groups excluding carboxylic acids is 4. The van der Waals surface area contributed by atoms with E-state index in [0.717, 1.165) is 65.1 Å². The van der Waals surface area contributed by atoms with E-state index in [9.17, 15) is 24.3 Å². The smallest absolute Gasteiger partial charge is 0.258 e. The van der Waals surface area contributed by atoms with Crippen molar-refractivity contribution in [1.82, 2.24) is 40.6 Å². The minimum Gasteiger partial charge on any atom is -0.484 e. The van der Waals surface area contributed by atoms with E-state index in [4.69, 9.17) is 9.73 Å². The number of hydrogen-bond acceptors (Lipinski definition) is 12. The molecule has 5 heterocycles. The summed E-state index contributed by atoms with van der Waals surface area (Å²) in [6, 6.07) is 21.1. The molecule has 1 fully saturated rings. The van der Waals surface area contributed by atoms with Crippen LogP contribution in [0.4, 0.5) is 0 Å². The summed E-state index contributed by atoms with van der Waals surface area (Å²) in [5.41, 5.74) is 9.56. The van der Waals surface area contributed by atoms with Gasteiger partial charge in [0.15, 0.2) is 18.6 Å². The monoisotopic (exact) mass is 941 g/mol. The molecule has 15 nitrogen and oxygen atoms in total. The Morgan fingerprint density at radius 2 is 1.52 bits per heavy atom. The Morgan fingerprint density at radius 1 is 0.881 bits per heavy atom. The van der Waals surface area contributed by atoms with Crippen LogP contribution in [0.15, 0.2) is 83.3 Å². The molecular weight excluding hydrogens is 887 g/mol. The molecule has 3 aromatic carbocycles. The number of nitrogens with zero attached hydrogens (tertiary/aromatic N) is 6. The summed E-state index contributed by atoms with van der Waals surface area (Å²) in [5, 5.41) is 29.2. The number of thiazole rings is 1. The molecule has 0 aliphatic carbocycles. The predicted molar refractivity (Wildman–Crippen MR) is 259 cm³/mol. The van der Waals surface area contributed by atoms with Crippen molar-refractivity contribution in [2.45, 2.75) is 99.1 Å². The van der Waals surface area contributed by atoms with Gasteiger partial charge in [0.05, 0.1) is 33.9 Å². The van der Waals surface area contributed by atoms with Crippen molar-refractivity contribution in [3.63, 3.8) is 0 Å². The number of thiophene rings is 1. The van der Waals surface area contributed by atoms with Crippen molar-refractivity contribution < 1.29 is 29.0 Å². The summed E-state index contributed by atoms with van der Waals surface area (Å²) in [6.45, 7) is 16.5. The van der Waals surface area contributed by atoms with Crippen molar-refractivity contribution >= 4 is 52.0 Å². The lowest BCUT2D eigenvalue weighted by atomic mass is 9.85. The Hall–Kier alpha value is -6.56. The molecule has 2 aliphatic heterocycles. The third-order valence-corrected chi connectivity index (χ3v) is 14.4. The van der Waals surface area contributed by atoms with Crippen LogP contribution in [0.3, 0.4) is 0 Å². The van der Waals surface area contributed by atoms with Gasteiger partial charge in [-0.05, 0) is 80.0 Å². The van der Waals surface area contributed by atoms with E-state index in [1.54, 1.807) is 34.8 Å². The van der Waals surface area contributed by atoms with Crippen molar-refractivity contribution in [3.05, 3.63) is 123 Å². The number of benzene rings is 3. The molecule has 5 atom stereocenters. The molecule has 348 valence electrons. The van der Waals surface area contributed by atoms with Gasteiger partial charge in [0, 0.05) is 35.9 Å². The van der Waals surface area contributed by atoms with Gasteiger partial charge in [-0.25, -0.2) is 4.98 Å². The number of aliphatic hydroxyl groups is 1. The number of fused-ring (bicyclic) bond motifs is 3. The first-order chi connectivity index (χ1) is 31.9. The molecule has 4 amide bonds. The van der Waals surface area contributed by atoms with Crippen LogP contribution in [-0.2, 0) is 19.2 Å². The van der Waals surface area contributed by atoms with Gasteiger partial charge in [0.25, 0.3) is 5.91 Å². The minimum atomic E-state index is -1.00. The molecule has 0 saturated carbocycles. The van der Waals surface area contributed by atoms with Gasteiger partial charge in [-0.2, -0.15) is 0 Å². The Bertz CT molecular complexity index is 2860. The number of aliphatic imine (C=N–C) groups is 1. The zero-order valence-corrected chi connectivity index (χ0v) is 40.6. The first-order valence-corrected chi connectivity index (χ1v) is 23.9. The highest BCUT2D eigenvalue weighted by Gasteiger charge is 2.45. The SMILES string of the molecule is CC(=O)NC1N=C(c2ccc(-c3ccc(OCC(=O)NC(C(=O)N4C[C@H](O)C[C@H]4C(=O)N[C@@H](C)c4ccc(-c5scnc5C)cc4)C(C)(C)C)cc3)cc2)c2c(sc(C)c2C)-n2c(C)nnc21. The van der Waals surface area contributed by atoms with Gasteiger partial charge >= 0.3 is 0 Å². The van der Waals surface area contributed by atoms with Crippen LogP contribution in [0.1, 0.15) is 97.7 Å². The molecule has 2 aliphatic rings. The second-order valence-electron chi connectivity index (χ2n) is 18.3. The standard InChI is InChI=1S/C50H55N9O6S2/c1-26-29(4)67-49-41(26)42(55-45(53-31(6)60)46-57-56-30(5)59(46)49)35-14-12-33(13-15-35)34-18-20-38(21-19-34)65-24-40(62)54-44(50(7,8)9)48(64)58-23-37(61)22-39(58)47(63)52-27(2)32-10-16-36(17-11-32)43-28(3)51-25-66-43/h10-21,25,27,37,39,44-45,61H,22-24H2,1-9H3,(H,52,63)(H,53,60)(H,54,62)/t27-,37+,39-,44?,45?/m0/s1. The van der Waals surface area contributed by atoms with Gasteiger partial charge in [-0.1, -0.05) is 81.4 Å². The Labute approximate surface area is 397 Å². The lowest BCUT2D eigenvalue weighted by Gasteiger charge is -2.35. The third kappa shape index (κ3) is 9.80. The second kappa shape index (κ2) is 19.0.